The Morgan fingerprint density at radius 1 is 1.48 bits per heavy atom. The Labute approximate surface area is 131 Å². The summed E-state index contributed by atoms with van der Waals surface area (Å²) in [6.45, 7) is 2.60. The second-order valence-electron chi connectivity index (χ2n) is 4.88. The summed E-state index contributed by atoms with van der Waals surface area (Å²) in [5.74, 6) is -1.88. The normalized spacial score (nSPS) is 21.2. The van der Waals surface area contributed by atoms with E-state index in [1.54, 1.807) is 18.2 Å². The van der Waals surface area contributed by atoms with Crippen molar-refractivity contribution < 1.29 is 19.4 Å². The van der Waals surface area contributed by atoms with Gasteiger partial charge in [-0.2, -0.15) is 0 Å². The molecule has 2 atom stereocenters. The van der Waals surface area contributed by atoms with Gasteiger partial charge in [0.15, 0.2) is 0 Å². The van der Waals surface area contributed by atoms with E-state index in [1.165, 1.54) is 4.90 Å². The monoisotopic (exact) mass is 356 g/mol. The fourth-order valence-corrected chi connectivity index (χ4v) is 2.70. The third kappa shape index (κ3) is 3.19. The van der Waals surface area contributed by atoms with E-state index in [0.29, 0.717) is 17.8 Å². The molecule has 1 fully saturated rings. The Kier molecular flexibility index (Phi) is 4.84. The van der Waals surface area contributed by atoms with Gasteiger partial charge in [-0.1, -0.05) is 0 Å². The lowest BCUT2D eigenvalue weighted by molar-refractivity contribution is -0.142. The van der Waals surface area contributed by atoms with Gasteiger partial charge in [0.25, 0.3) is 5.91 Å². The van der Waals surface area contributed by atoms with Crippen molar-refractivity contribution in [2.45, 2.75) is 13.0 Å². The molecule has 0 aromatic heterocycles. The van der Waals surface area contributed by atoms with Crippen LogP contribution in [0, 0.1) is 5.92 Å². The number of anilines is 1. The first-order chi connectivity index (χ1) is 9.95. The number of hydrogen-bond acceptors (Lipinski definition) is 4. The number of rotatable bonds is 4. The maximum Gasteiger partial charge on any atom is 0.311 e. The minimum atomic E-state index is -0.945. The quantitative estimate of drug-likeness (QED) is 0.799. The Bertz CT molecular complexity index is 564. The summed E-state index contributed by atoms with van der Waals surface area (Å²) in [5.41, 5.74) is 6.70. The van der Waals surface area contributed by atoms with Crippen LogP contribution in [0.15, 0.2) is 22.7 Å². The van der Waals surface area contributed by atoms with E-state index in [9.17, 15) is 14.7 Å². The lowest BCUT2D eigenvalue weighted by Gasteiger charge is -2.29. The highest BCUT2D eigenvalue weighted by molar-refractivity contribution is 9.10. The summed E-state index contributed by atoms with van der Waals surface area (Å²) in [5, 5.41) is 9.22. The highest BCUT2D eigenvalue weighted by atomic mass is 79.9. The Morgan fingerprint density at radius 2 is 2.19 bits per heavy atom. The first kappa shape index (κ1) is 15.8. The molecule has 3 N–H and O–H groups in total. The number of benzene rings is 1. The molecular formula is C14H17BrN2O4. The van der Waals surface area contributed by atoms with Crippen LogP contribution in [0.25, 0.3) is 0 Å². The molecule has 1 aromatic carbocycles. The van der Waals surface area contributed by atoms with Crippen molar-refractivity contribution in [2.75, 3.05) is 25.5 Å². The Balaban J connectivity index is 2.26. The molecule has 6 nitrogen and oxygen atoms in total. The van der Waals surface area contributed by atoms with Gasteiger partial charge < -0.3 is 20.5 Å². The molecule has 0 spiro atoms. The van der Waals surface area contributed by atoms with E-state index in [-0.39, 0.29) is 19.1 Å². The SMILES string of the molecule is CCN(C(=O)c1ccc(Br)c(N)c1)C1COCC1C(=O)O. The number of aliphatic carboxylic acids is 1. The topological polar surface area (TPSA) is 92.9 Å². The second kappa shape index (κ2) is 6.44. The average molecular weight is 357 g/mol. The number of nitrogens with zero attached hydrogens (tertiary/aromatic N) is 1. The van der Waals surface area contributed by atoms with Gasteiger partial charge in [0, 0.05) is 22.3 Å². The van der Waals surface area contributed by atoms with E-state index >= 15 is 0 Å². The lowest BCUT2D eigenvalue weighted by atomic mass is 10.0. The van der Waals surface area contributed by atoms with Crippen LogP contribution in [-0.4, -0.2) is 47.7 Å². The Hall–Kier alpha value is -1.60. The van der Waals surface area contributed by atoms with Crippen LogP contribution in [0.4, 0.5) is 5.69 Å². The molecule has 1 amide bonds. The van der Waals surface area contributed by atoms with Gasteiger partial charge in [-0.3, -0.25) is 9.59 Å². The van der Waals surface area contributed by atoms with Crippen molar-refractivity contribution >= 4 is 33.5 Å². The van der Waals surface area contributed by atoms with E-state index < -0.39 is 17.9 Å². The van der Waals surface area contributed by atoms with Gasteiger partial charge in [-0.15, -0.1) is 0 Å². The van der Waals surface area contributed by atoms with Crippen LogP contribution in [0.2, 0.25) is 0 Å². The molecule has 2 unspecified atom stereocenters. The smallest absolute Gasteiger partial charge is 0.311 e. The van der Waals surface area contributed by atoms with Crippen LogP contribution in [0.3, 0.4) is 0 Å². The molecule has 21 heavy (non-hydrogen) atoms. The van der Waals surface area contributed by atoms with Crippen LogP contribution in [0.1, 0.15) is 17.3 Å². The number of likely N-dealkylation sites (N-methyl/N-ethyl adjacent to an activating group) is 1. The largest absolute Gasteiger partial charge is 0.481 e. The fourth-order valence-electron chi connectivity index (χ4n) is 2.46. The second-order valence-corrected chi connectivity index (χ2v) is 5.73. The summed E-state index contributed by atoms with van der Waals surface area (Å²) in [6, 6.07) is 4.50. The fraction of sp³-hybridized carbons (Fsp3) is 0.429. The van der Waals surface area contributed by atoms with E-state index in [1.807, 2.05) is 6.92 Å². The molecule has 1 aliphatic heterocycles. The molecule has 1 aromatic rings. The van der Waals surface area contributed by atoms with Crippen molar-refractivity contribution in [1.82, 2.24) is 4.90 Å². The van der Waals surface area contributed by atoms with E-state index in [2.05, 4.69) is 15.9 Å². The average Bonchev–Trinajstić information content (AvgIpc) is 2.92. The van der Waals surface area contributed by atoms with Crippen LogP contribution in [0.5, 0.6) is 0 Å². The summed E-state index contributed by atoms with van der Waals surface area (Å²) >= 11 is 3.28. The predicted octanol–water partition coefficient (Wildman–Crippen LogP) is 1.59. The van der Waals surface area contributed by atoms with Crippen molar-refractivity contribution in [3.05, 3.63) is 28.2 Å². The zero-order chi connectivity index (χ0) is 15.6. The number of carboxylic acid groups (broad SMARTS) is 1. The molecule has 0 bridgehead atoms. The lowest BCUT2D eigenvalue weighted by Crippen LogP contribution is -2.46. The van der Waals surface area contributed by atoms with Crippen LogP contribution >= 0.6 is 15.9 Å². The van der Waals surface area contributed by atoms with Crippen LogP contribution < -0.4 is 5.73 Å². The standard InChI is InChI=1S/C14H17BrN2O4/c1-2-17(12-7-21-6-9(12)14(19)20)13(18)8-3-4-10(15)11(16)5-8/h3-5,9,12H,2,6-7,16H2,1H3,(H,19,20). The first-order valence-electron chi connectivity index (χ1n) is 6.62. The third-order valence-electron chi connectivity index (χ3n) is 3.61. The molecule has 0 radical (unpaired) electrons. The molecule has 0 aliphatic carbocycles. The number of hydrogen-bond donors (Lipinski definition) is 2. The molecule has 114 valence electrons. The van der Waals surface area contributed by atoms with Gasteiger partial charge in [-0.25, -0.2) is 0 Å². The number of amides is 1. The van der Waals surface area contributed by atoms with Crippen molar-refractivity contribution in [3.63, 3.8) is 0 Å². The molecule has 1 saturated heterocycles. The molecule has 7 heteroatoms. The zero-order valence-corrected chi connectivity index (χ0v) is 13.2. The highest BCUT2D eigenvalue weighted by Gasteiger charge is 2.39. The molecule has 0 saturated carbocycles. The maximum atomic E-state index is 12.6. The number of nitrogen functional groups attached to an aromatic ring is 1. The van der Waals surface area contributed by atoms with Gasteiger partial charge >= 0.3 is 5.97 Å². The van der Waals surface area contributed by atoms with Gasteiger partial charge in [0.1, 0.15) is 5.92 Å². The predicted molar refractivity (Wildman–Crippen MR) is 81.0 cm³/mol. The van der Waals surface area contributed by atoms with E-state index in [0.717, 1.165) is 4.47 Å². The number of ether oxygens (including phenoxy) is 1. The first-order valence-corrected chi connectivity index (χ1v) is 7.41. The minimum Gasteiger partial charge on any atom is -0.481 e. The molecule has 2 rings (SSSR count). The summed E-state index contributed by atoms with van der Waals surface area (Å²) < 4.78 is 5.95. The highest BCUT2D eigenvalue weighted by Crippen LogP contribution is 2.25. The number of carbonyl (C=O) groups excluding carboxylic acids is 1. The Morgan fingerprint density at radius 3 is 2.76 bits per heavy atom. The van der Waals surface area contributed by atoms with Gasteiger partial charge in [0.05, 0.1) is 19.3 Å². The van der Waals surface area contributed by atoms with Crippen molar-refractivity contribution in [1.29, 1.82) is 0 Å². The van der Waals surface area contributed by atoms with Crippen molar-refractivity contribution in [2.24, 2.45) is 5.92 Å². The number of carboxylic acids is 1. The minimum absolute atomic E-state index is 0.131. The summed E-state index contributed by atoms with van der Waals surface area (Å²) in [7, 11) is 0. The van der Waals surface area contributed by atoms with E-state index in [4.69, 9.17) is 10.5 Å². The summed E-state index contributed by atoms with van der Waals surface area (Å²) in [4.78, 5) is 25.4. The maximum absolute atomic E-state index is 12.6. The zero-order valence-electron chi connectivity index (χ0n) is 11.6. The molecule has 1 heterocycles. The third-order valence-corrected chi connectivity index (χ3v) is 4.33. The van der Waals surface area contributed by atoms with Crippen molar-refractivity contribution in [3.8, 4) is 0 Å². The number of carbonyl (C=O) groups is 2. The van der Waals surface area contributed by atoms with Gasteiger partial charge in [0.2, 0.25) is 0 Å². The number of nitrogens with two attached hydrogens (primary N) is 1. The van der Waals surface area contributed by atoms with Gasteiger partial charge in [-0.05, 0) is 41.1 Å². The molecule has 1 aliphatic rings. The summed E-state index contributed by atoms with van der Waals surface area (Å²) in [6.07, 6.45) is 0. The van der Waals surface area contributed by atoms with Crippen LogP contribution in [-0.2, 0) is 9.53 Å². The molecular weight excluding hydrogens is 340 g/mol. The number of halogens is 1.